The largest absolute Gasteiger partial charge is 0.497 e. The zero-order valence-corrected chi connectivity index (χ0v) is 17.5. The number of aliphatic hydroxyl groups excluding tert-OH is 1. The van der Waals surface area contributed by atoms with Gasteiger partial charge >= 0.3 is 0 Å². The number of carbonyl (C=O) groups is 1. The van der Waals surface area contributed by atoms with Gasteiger partial charge in [0.15, 0.2) is 5.78 Å². The lowest BCUT2D eigenvalue weighted by molar-refractivity contribution is 0.0890. The maximum absolute atomic E-state index is 13.9. The van der Waals surface area contributed by atoms with Gasteiger partial charge in [0.1, 0.15) is 11.3 Å². The molecule has 0 spiro atoms. The average Bonchev–Trinajstić information content (AvgIpc) is 3.10. The Hall–Kier alpha value is -3.37. The number of Topliss-reactive ketones (excluding diaryl/α,β-unsaturated/α-hetero) is 1. The quantitative estimate of drug-likeness (QED) is 0.653. The summed E-state index contributed by atoms with van der Waals surface area (Å²) < 4.78 is 5.35. The highest BCUT2D eigenvalue weighted by molar-refractivity contribution is 6.15. The molecule has 0 aliphatic carbocycles. The van der Waals surface area contributed by atoms with Crippen molar-refractivity contribution in [2.45, 2.75) is 24.4 Å². The molecule has 3 aromatic carbocycles. The number of hydrogen-bond acceptors (Lipinski definition) is 4. The fourth-order valence-electron chi connectivity index (χ4n) is 5.17. The Balaban J connectivity index is 1.74. The van der Waals surface area contributed by atoms with Gasteiger partial charge < -0.3 is 14.7 Å². The molecule has 5 rings (SSSR count). The second-order valence-electron chi connectivity index (χ2n) is 8.06. The predicted molar refractivity (Wildman–Crippen MR) is 122 cm³/mol. The van der Waals surface area contributed by atoms with Gasteiger partial charge in [-0.1, -0.05) is 60.7 Å². The van der Waals surface area contributed by atoms with E-state index in [9.17, 15) is 9.90 Å². The third kappa shape index (κ3) is 2.90. The van der Waals surface area contributed by atoms with Crippen molar-refractivity contribution in [3.05, 3.63) is 102 Å². The van der Waals surface area contributed by atoms with Gasteiger partial charge in [0.2, 0.25) is 0 Å². The van der Waals surface area contributed by atoms with Gasteiger partial charge in [-0.25, -0.2) is 0 Å². The van der Waals surface area contributed by atoms with Crippen molar-refractivity contribution in [2.75, 3.05) is 18.6 Å². The van der Waals surface area contributed by atoms with E-state index in [0.717, 1.165) is 33.7 Å². The van der Waals surface area contributed by atoms with Crippen LogP contribution in [0, 0.1) is 0 Å². The van der Waals surface area contributed by atoms with Gasteiger partial charge in [0, 0.05) is 24.3 Å². The number of rotatable bonds is 5. The molecule has 0 bridgehead atoms. The predicted octanol–water partition coefficient (Wildman–Crippen LogP) is 4.83. The summed E-state index contributed by atoms with van der Waals surface area (Å²) in [4.78, 5) is 16.2. The van der Waals surface area contributed by atoms with Crippen molar-refractivity contribution in [3.63, 3.8) is 0 Å². The number of methoxy groups -OCH3 is 1. The number of ketones is 1. The topological polar surface area (TPSA) is 49.8 Å². The molecule has 0 amide bonds. The molecule has 0 fully saturated rings. The van der Waals surface area contributed by atoms with Crippen LogP contribution in [-0.4, -0.2) is 30.6 Å². The van der Waals surface area contributed by atoms with Crippen LogP contribution in [0.1, 0.15) is 34.3 Å². The van der Waals surface area contributed by atoms with Crippen LogP contribution in [0.5, 0.6) is 5.75 Å². The van der Waals surface area contributed by atoms with E-state index in [4.69, 9.17) is 4.74 Å². The number of benzene rings is 3. The van der Waals surface area contributed by atoms with E-state index >= 15 is 0 Å². The van der Waals surface area contributed by atoms with Crippen molar-refractivity contribution in [2.24, 2.45) is 0 Å². The highest BCUT2D eigenvalue weighted by Crippen LogP contribution is 2.53. The molecule has 0 unspecified atom stereocenters. The van der Waals surface area contributed by atoms with Crippen molar-refractivity contribution >= 4 is 17.0 Å². The normalized spacial score (nSPS) is 22.0. The Labute approximate surface area is 182 Å². The van der Waals surface area contributed by atoms with E-state index in [1.807, 2.05) is 66.7 Å². The zero-order valence-electron chi connectivity index (χ0n) is 17.5. The van der Waals surface area contributed by atoms with Crippen LogP contribution in [0.2, 0.25) is 0 Å². The van der Waals surface area contributed by atoms with Crippen LogP contribution in [0.4, 0.5) is 5.69 Å². The molecule has 0 saturated carbocycles. The van der Waals surface area contributed by atoms with Crippen LogP contribution in [0.15, 0.2) is 84.9 Å². The van der Waals surface area contributed by atoms with Crippen molar-refractivity contribution in [1.29, 1.82) is 0 Å². The maximum Gasteiger partial charge on any atom is 0.195 e. The molecule has 4 nitrogen and oxygen atoms in total. The third-order valence-corrected chi connectivity index (χ3v) is 6.56. The van der Waals surface area contributed by atoms with Gasteiger partial charge in [-0.05, 0) is 47.4 Å². The first kappa shape index (κ1) is 19.6. The summed E-state index contributed by atoms with van der Waals surface area (Å²) in [5.41, 5.74) is 4.08. The second kappa shape index (κ2) is 7.71. The van der Waals surface area contributed by atoms with Crippen LogP contribution >= 0.6 is 0 Å². The first-order valence-corrected chi connectivity index (χ1v) is 10.6. The SMILES string of the molecule is COc1ccc([C@@]23CC=C(c4ccccc4)[C@@H](CCO)N2c2ccccc2C3=O)cc1. The summed E-state index contributed by atoms with van der Waals surface area (Å²) in [6.45, 7) is 0.0421. The third-order valence-electron chi connectivity index (χ3n) is 6.56. The summed E-state index contributed by atoms with van der Waals surface area (Å²) >= 11 is 0. The van der Waals surface area contributed by atoms with Gasteiger partial charge in [-0.2, -0.15) is 0 Å². The molecule has 0 aromatic heterocycles. The Morgan fingerprint density at radius 2 is 1.71 bits per heavy atom. The molecule has 3 aromatic rings. The number of anilines is 1. The van der Waals surface area contributed by atoms with Crippen molar-refractivity contribution in [1.82, 2.24) is 0 Å². The number of nitrogens with zero attached hydrogens (tertiary/aromatic N) is 1. The Morgan fingerprint density at radius 1 is 1.00 bits per heavy atom. The maximum atomic E-state index is 13.9. The zero-order chi connectivity index (χ0) is 21.4. The fourth-order valence-corrected chi connectivity index (χ4v) is 5.17. The number of fused-ring (bicyclic) bond motifs is 3. The minimum atomic E-state index is -0.825. The van der Waals surface area contributed by atoms with Crippen molar-refractivity contribution < 1.29 is 14.6 Å². The molecule has 2 atom stereocenters. The molecule has 0 radical (unpaired) electrons. The molecule has 31 heavy (non-hydrogen) atoms. The van der Waals surface area contributed by atoms with Gasteiger partial charge in [0.05, 0.1) is 13.2 Å². The monoisotopic (exact) mass is 411 g/mol. The Kier molecular flexibility index (Phi) is 4.87. The van der Waals surface area contributed by atoms with Gasteiger partial charge in [-0.15, -0.1) is 0 Å². The first-order valence-electron chi connectivity index (χ1n) is 10.6. The smallest absolute Gasteiger partial charge is 0.195 e. The number of carbonyl (C=O) groups excluding carboxylic acids is 1. The fraction of sp³-hybridized carbons (Fsp3) is 0.222. The molecule has 2 aliphatic heterocycles. The molecule has 0 saturated heterocycles. The van der Waals surface area contributed by atoms with E-state index in [2.05, 4.69) is 23.1 Å². The number of aliphatic hydroxyl groups is 1. The minimum Gasteiger partial charge on any atom is -0.497 e. The minimum absolute atomic E-state index is 0.0421. The summed E-state index contributed by atoms with van der Waals surface area (Å²) in [7, 11) is 1.64. The Bertz CT molecular complexity index is 1140. The lowest BCUT2D eigenvalue weighted by Crippen LogP contribution is -2.55. The highest BCUT2D eigenvalue weighted by atomic mass is 16.5. The van der Waals surface area contributed by atoms with Gasteiger partial charge in [-0.3, -0.25) is 4.79 Å². The van der Waals surface area contributed by atoms with Crippen LogP contribution in [0.3, 0.4) is 0 Å². The molecular formula is C27H25NO3. The lowest BCUT2D eigenvalue weighted by Gasteiger charge is -2.48. The lowest BCUT2D eigenvalue weighted by atomic mass is 9.75. The summed E-state index contributed by atoms with van der Waals surface area (Å²) in [6, 6.07) is 25.8. The average molecular weight is 412 g/mol. The highest BCUT2D eigenvalue weighted by Gasteiger charge is 2.56. The van der Waals surface area contributed by atoms with Crippen molar-refractivity contribution in [3.8, 4) is 5.75 Å². The number of ether oxygens (including phenoxy) is 1. The first-order chi connectivity index (χ1) is 15.2. The van der Waals surface area contributed by atoms with E-state index in [0.29, 0.717) is 12.8 Å². The van der Waals surface area contributed by atoms with Gasteiger partial charge in [0.25, 0.3) is 0 Å². The van der Waals surface area contributed by atoms with E-state index in [-0.39, 0.29) is 18.4 Å². The van der Waals surface area contributed by atoms with E-state index < -0.39 is 5.54 Å². The second-order valence-corrected chi connectivity index (χ2v) is 8.06. The van der Waals surface area contributed by atoms with Crippen LogP contribution in [-0.2, 0) is 5.54 Å². The standard InChI is InChI=1S/C27H25NO3/c1-31-21-13-11-20(12-14-21)27-17-15-22(19-7-3-2-4-8-19)25(16-18-29)28(27)24-10-6-5-9-23(24)26(27)30/h2-15,25,29H,16-18H2,1H3/t25-,27-/m1/s1. The molecule has 2 aliphatic rings. The summed E-state index contributed by atoms with van der Waals surface area (Å²) in [6.07, 6.45) is 3.30. The molecule has 156 valence electrons. The Morgan fingerprint density at radius 3 is 2.42 bits per heavy atom. The molecular weight excluding hydrogens is 386 g/mol. The summed E-state index contributed by atoms with van der Waals surface area (Å²) in [5, 5.41) is 9.98. The van der Waals surface area contributed by atoms with E-state index in [1.54, 1.807) is 7.11 Å². The van der Waals surface area contributed by atoms with Crippen LogP contribution < -0.4 is 9.64 Å². The number of hydrogen-bond donors (Lipinski definition) is 1. The number of para-hydroxylation sites is 1. The van der Waals surface area contributed by atoms with E-state index in [1.165, 1.54) is 0 Å². The summed E-state index contributed by atoms with van der Waals surface area (Å²) in [5.74, 6) is 0.873. The van der Waals surface area contributed by atoms with Crippen LogP contribution in [0.25, 0.3) is 5.57 Å². The molecule has 4 heteroatoms. The molecule has 2 heterocycles. The molecule has 1 N–H and O–H groups in total.